The molecule has 4 heterocycles. The van der Waals surface area contributed by atoms with Gasteiger partial charge in [-0.2, -0.15) is 0 Å². The number of aryl methyl sites for hydroxylation is 2. The Morgan fingerprint density at radius 3 is 2.41 bits per heavy atom. The predicted molar refractivity (Wildman–Crippen MR) is 149 cm³/mol. The molecule has 1 aromatic carbocycles. The highest BCUT2D eigenvalue weighted by Gasteiger charge is 2.32. The van der Waals surface area contributed by atoms with Gasteiger partial charge < -0.3 is 14.6 Å². The van der Waals surface area contributed by atoms with E-state index >= 15 is 0 Å². The second-order valence-corrected chi connectivity index (χ2v) is 10.0. The number of carboxylic acid groups (broad SMARTS) is 1. The van der Waals surface area contributed by atoms with Gasteiger partial charge in [0.15, 0.2) is 12.4 Å². The lowest BCUT2D eigenvalue weighted by molar-refractivity contribution is -0.141. The van der Waals surface area contributed by atoms with E-state index in [9.17, 15) is 9.59 Å². The van der Waals surface area contributed by atoms with E-state index in [2.05, 4.69) is 29.0 Å². The van der Waals surface area contributed by atoms with E-state index in [1.807, 2.05) is 35.8 Å². The van der Waals surface area contributed by atoms with Crippen LogP contribution in [0.15, 0.2) is 47.6 Å². The van der Waals surface area contributed by atoms with Crippen molar-refractivity contribution in [1.29, 1.82) is 0 Å². The van der Waals surface area contributed by atoms with Crippen molar-refractivity contribution < 1.29 is 24.2 Å². The topological polar surface area (TPSA) is 129 Å². The Bertz CT molecular complexity index is 1560. The van der Waals surface area contributed by atoms with Crippen LogP contribution < -0.4 is 4.74 Å². The fraction of sp³-hybridized carbons (Fsp3) is 0.259. The molecule has 1 N–H and O–H groups in total. The third kappa shape index (κ3) is 5.41. The largest absolute Gasteiger partial charge is 0.480 e. The summed E-state index contributed by atoms with van der Waals surface area (Å²) in [6.45, 7) is 5.63. The summed E-state index contributed by atoms with van der Waals surface area (Å²) in [4.78, 5) is 33.6. The molecule has 4 aromatic rings. The zero-order valence-electron chi connectivity index (χ0n) is 21.7. The van der Waals surface area contributed by atoms with Crippen molar-refractivity contribution in [2.24, 2.45) is 4.99 Å². The molecular weight excluding hydrogens is 542 g/mol. The minimum atomic E-state index is -1.05. The van der Waals surface area contributed by atoms with E-state index in [0.717, 1.165) is 44.5 Å². The van der Waals surface area contributed by atoms with Gasteiger partial charge in [-0.1, -0.05) is 24.3 Å². The minimum absolute atomic E-state index is 0. The standard InChI is InChI=1S/C27H25N5O5S.ClH/c1-14-15(2)38-27-24(14)25(29-21(11-23(35)36-4)26-31-30-16(3)32(26)27)18-7-5-17(6-8-18)20-10-9-19(12-28-20)37-13-22(33)34;/h5-10,12,21H,11,13H2,1-4H3,(H,33,34);1H/t21-;/m0./s1. The number of methoxy groups -OCH3 is 1. The van der Waals surface area contributed by atoms with E-state index in [1.165, 1.54) is 18.2 Å². The smallest absolute Gasteiger partial charge is 0.341 e. The number of carboxylic acids is 1. The number of aliphatic carboxylic acids is 1. The molecule has 0 radical (unpaired) electrons. The second-order valence-electron chi connectivity index (χ2n) is 8.82. The summed E-state index contributed by atoms with van der Waals surface area (Å²) >= 11 is 1.65. The van der Waals surface area contributed by atoms with E-state index in [4.69, 9.17) is 19.6 Å². The first-order chi connectivity index (χ1) is 18.3. The highest BCUT2D eigenvalue weighted by molar-refractivity contribution is 7.15. The molecule has 0 saturated carbocycles. The number of carbonyl (C=O) groups excluding carboxylic acids is 1. The summed E-state index contributed by atoms with van der Waals surface area (Å²) in [6, 6.07) is 10.8. The molecule has 0 spiro atoms. The number of nitrogens with zero attached hydrogens (tertiary/aromatic N) is 5. The molecule has 12 heteroatoms. The van der Waals surface area contributed by atoms with Gasteiger partial charge in [-0.25, -0.2) is 4.79 Å². The number of carbonyl (C=O) groups is 2. The van der Waals surface area contributed by atoms with Crippen molar-refractivity contribution >= 4 is 41.4 Å². The molecule has 202 valence electrons. The minimum Gasteiger partial charge on any atom is -0.480 e. The van der Waals surface area contributed by atoms with Crippen LogP contribution in [-0.4, -0.2) is 56.2 Å². The maximum Gasteiger partial charge on any atom is 0.341 e. The van der Waals surface area contributed by atoms with Gasteiger partial charge in [0.1, 0.15) is 22.6 Å². The number of ether oxygens (including phenoxy) is 2. The number of rotatable bonds is 7. The maximum atomic E-state index is 12.3. The van der Waals surface area contributed by atoms with Crippen LogP contribution in [0.2, 0.25) is 0 Å². The van der Waals surface area contributed by atoms with Crippen LogP contribution in [0.4, 0.5) is 0 Å². The van der Waals surface area contributed by atoms with Crippen LogP contribution in [0.3, 0.4) is 0 Å². The Morgan fingerprint density at radius 2 is 1.77 bits per heavy atom. The lowest BCUT2D eigenvalue weighted by atomic mass is 9.98. The summed E-state index contributed by atoms with van der Waals surface area (Å²) in [5.41, 5.74) is 5.38. The summed E-state index contributed by atoms with van der Waals surface area (Å²) in [7, 11) is 1.36. The summed E-state index contributed by atoms with van der Waals surface area (Å²) < 4.78 is 12.1. The molecule has 0 fully saturated rings. The molecule has 10 nitrogen and oxygen atoms in total. The Kier molecular flexibility index (Phi) is 8.12. The molecule has 0 saturated heterocycles. The number of aromatic nitrogens is 4. The molecular formula is C27H26ClN5O5S. The Labute approximate surface area is 234 Å². The van der Waals surface area contributed by atoms with Gasteiger partial charge in [0.2, 0.25) is 0 Å². The number of benzene rings is 1. The number of fused-ring (bicyclic) bond motifs is 3. The zero-order valence-corrected chi connectivity index (χ0v) is 23.3. The molecule has 39 heavy (non-hydrogen) atoms. The average molecular weight is 568 g/mol. The molecule has 0 unspecified atom stereocenters. The molecule has 0 bridgehead atoms. The van der Waals surface area contributed by atoms with Crippen molar-refractivity contribution in [3.63, 3.8) is 0 Å². The van der Waals surface area contributed by atoms with Crippen molar-refractivity contribution in [3.05, 3.63) is 75.8 Å². The van der Waals surface area contributed by atoms with E-state index in [1.54, 1.807) is 23.5 Å². The van der Waals surface area contributed by atoms with E-state index in [0.29, 0.717) is 11.6 Å². The Balaban J connectivity index is 0.00000353. The second kappa shape index (κ2) is 11.3. The summed E-state index contributed by atoms with van der Waals surface area (Å²) in [6.07, 6.45) is 1.55. The monoisotopic (exact) mass is 567 g/mol. The predicted octanol–water partition coefficient (Wildman–Crippen LogP) is 4.66. The highest BCUT2D eigenvalue weighted by atomic mass is 35.5. The van der Waals surface area contributed by atoms with Crippen LogP contribution in [-0.2, 0) is 14.3 Å². The number of aliphatic imine (C=N–C) groups is 1. The maximum absolute atomic E-state index is 12.3. The first-order valence-electron chi connectivity index (χ1n) is 11.9. The van der Waals surface area contributed by atoms with Crippen molar-refractivity contribution in [2.45, 2.75) is 33.2 Å². The lowest BCUT2D eigenvalue weighted by Gasteiger charge is -2.12. The van der Waals surface area contributed by atoms with Crippen LogP contribution in [0.5, 0.6) is 5.75 Å². The first kappa shape index (κ1) is 27.9. The number of hydrogen-bond donors (Lipinski definition) is 1. The van der Waals surface area contributed by atoms with Crippen LogP contribution in [0, 0.1) is 20.8 Å². The Hall–Kier alpha value is -4.09. The SMILES string of the molecule is COC(=O)C[C@@H]1N=C(c2ccc(-c3ccc(OCC(=O)O)cn3)cc2)c2c(sc(C)c2C)-n2c(C)nnc21.Cl. The van der Waals surface area contributed by atoms with Crippen LogP contribution in [0.25, 0.3) is 16.3 Å². The lowest BCUT2D eigenvalue weighted by Crippen LogP contribution is -2.12. The molecule has 1 atom stereocenters. The van der Waals surface area contributed by atoms with Crippen LogP contribution in [0.1, 0.15) is 45.7 Å². The number of pyridine rings is 1. The van der Waals surface area contributed by atoms with E-state index in [-0.39, 0.29) is 24.8 Å². The van der Waals surface area contributed by atoms with Crippen molar-refractivity contribution in [2.75, 3.05) is 13.7 Å². The molecule has 0 amide bonds. The first-order valence-corrected chi connectivity index (χ1v) is 12.7. The van der Waals surface area contributed by atoms with Gasteiger partial charge >= 0.3 is 11.9 Å². The number of halogens is 1. The van der Waals surface area contributed by atoms with Gasteiger partial charge in [0, 0.05) is 21.6 Å². The highest BCUT2D eigenvalue weighted by Crippen LogP contribution is 2.39. The quantitative estimate of drug-likeness (QED) is 0.319. The van der Waals surface area contributed by atoms with Crippen LogP contribution >= 0.6 is 23.7 Å². The van der Waals surface area contributed by atoms with Crippen molar-refractivity contribution in [3.8, 4) is 22.0 Å². The number of esters is 1. The number of thiophene rings is 1. The summed E-state index contributed by atoms with van der Waals surface area (Å²) in [5, 5.41) is 18.4. The average Bonchev–Trinajstić information content (AvgIpc) is 3.39. The fourth-order valence-electron chi connectivity index (χ4n) is 4.35. The van der Waals surface area contributed by atoms with Gasteiger partial charge in [-0.05, 0) is 38.5 Å². The van der Waals surface area contributed by atoms with Gasteiger partial charge in [-0.15, -0.1) is 33.9 Å². The third-order valence-electron chi connectivity index (χ3n) is 6.38. The van der Waals surface area contributed by atoms with Gasteiger partial charge in [-0.3, -0.25) is 19.3 Å². The summed E-state index contributed by atoms with van der Waals surface area (Å²) in [5.74, 6) is 0.299. The fourth-order valence-corrected chi connectivity index (χ4v) is 5.56. The number of hydrogen-bond acceptors (Lipinski definition) is 9. The molecule has 1 aliphatic rings. The third-order valence-corrected chi connectivity index (χ3v) is 7.57. The molecule has 1 aliphatic heterocycles. The van der Waals surface area contributed by atoms with Gasteiger partial charge in [0.25, 0.3) is 0 Å². The normalized spacial score (nSPS) is 13.8. The van der Waals surface area contributed by atoms with Crippen molar-refractivity contribution in [1.82, 2.24) is 19.7 Å². The van der Waals surface area contributed by atoms with E-state index < -0.39 is 18.6 Å². The molecule has 5 rings (SSSR count). The van der Waals surface area contributed by atoms with Gasteiger partial charge in [0.05, 0.1) is 31.1 Å². The molecule has 0 aliphatic carbocycles. The zero-order chi connectivity index (χ0) is 27.0. The molecule has 3 aromatic heterocycles. The Morgan fingerprint density at radius 1 is 1.05 bits per heavy atom.